The van der Waals surface area contributed by atoms with Crippen LogP contribution in [-0.2, 0) is 28.6 Å². The fourth-order valence-corrected chi connectivity index (χ4v) is 7.21. The summed E-state index contributed by atoms with van der Waals surface area (Å²) in [5, 5.41) is 62.6. The molecule has 2 fully saturated rings. The van der Waals surface area contributed by atoms with Gasteiger partial charge in [-0.1, -0.05) is 87.4 Å². The summed E-state index contributed by atoms with van der Waals surface area (Å²) in [5.41, 5.74) is 2.90. The Hall–Kier alpha value is -3.23. The van der Waals surface area contributed by atoms with Crippen molar-refractivity contribution in [1.82, 2.24) is 0 Å². The molecule has 290 valence electrons. The van der Waals surface area contributed by atoms with Crippen molar-refractivity contribution >= 4 is 17.7 Å². The Bertz CT molecular complexity index is 1440. The summed E-state index contributed by atoms with van der Waals surface area (Å²) < 4.78 is 16.9. The third kappa shape index (κ3) is 11.1. The molecule has 3 aliphatic carbocycles. The summed E-state index contributed by atoms with van der Waals surface area (Å²) >= 11 is 0. The van der Waals surface area contributed by atoms with E-state index in [4.69, 9.17) is 14.2 Å². The molecule has 11 atom stereocenters. The molecule has 6 N–H and O–H groups in total. The number of ether oxygens (including phenoxy) is 3. The van der Waals surface area contributed by atoms with Gasteiger partial charge in [0.15, 0.2) is 11.9 Å². The highest BCUT2D eigenvalue weighted by molar-refractivity contribution is 6.01. The third-order valence-electron chi connectivity index (χ3n) is 10.4. The van der Waals surface area contributed by atoms with Crippen molar-refractivity contribution in [2.75, 3.05) is 6.61 Å². The molecule has 0 aromatic carbocycles. The largest absolute Gasteiger partial charge is 0.465 e. The Morgan fingerprint density at radius 1 is 0.865 bits per heavy atom. The quantitative estimate of drug-likeness (QED) is 0.113. The molecule has 2 saturated carbocycles. The van der Waals surface area contributed by atoms with Gasteiger partial charge in [0.05, 0.1) is 43.9 Å². The minimum absolute atomic E-state index is 0.104. The summed E-state index contributed by atoms with van der Waals surface area (Å²) in [6, 6.07) is 0. The van der Waals surface area contributed by atoms with E-state index in [2.05, 4.69) is 6.58 Å². The van der Waals surface area contributed by atoms with Crippen LogP contribution in [0.15, 0.2) is 71.4 Å². The van der Waals surface area contributed by atoms with Gasteiger partial charge in [-0.15, -0.1) is 0 Å². The van der Waals surface area contributed by atoms with Crippen LogP contribution in [0.2, 0.25) is 0 Å². The van der Waals surface area contributed by atoms with Gasteiger partial charge in [0, 0.05) is 12.3 Å². The molecule has 12 nitrogen and oxygen atoms in total. The van der Waals surface area contributed by atoms with Gasteiger partial charge in [0.25, 0.3) is 0 Å². The van der Waals surface area contributed by atoms with Crippen LogP contribution < -0.4 is 0 Å². The topological polar surface area (TPSA) is 200 Å². The molecule has 0 bridgehead atoms. The van der Waals surface area contributed by atoms with Gasteiger partial charge in [-0.3, -0.25) is 14.4 Å². The van der Waals surface area contributed by atoms with Crippen molar-refractivity contribution in [3.63, 3.8) is 0 Å². The second kappa shape index (κ2) is 19.2. The summed E-state index contributed by atoms with van der Waals surface area (Å²) in [6.45, 7) is 14.8. The highest BCUT2D eigenvalue weighted by Crippen LogP contribution is 2.41. The lowest BCUT2D eigenvalue weighted by atomic mass is 9.71. The number of esters is 2. The van der Waals surface area contributed by atoms with Gasteiger partial charge >= 0.3 is 11.9 Å². The van der Waals surface area contributed by atoms with Crippen LogP contribution in [0.4, 0.5) is 0 Å². The van der Waals surface area contributed by atoms with Gasteiger partial charge in [-0.05, 0) is 56.1 Å². The van der Waals surface area contributed by atoms with Gasteiger partial charge in [-0.2, -0.15) is 0 Å². The number of hydrogen-bond acceptors (Lipinski definition) is 12. The molecule has 11 unspecified atom stereocenters. The standard InChI is InChI=1S/C40H58O12/c1-8-11-22(3)12-10-13-23(4)14-15-27-24(5)33(44)30(20-40(27,6)7)51-32(43)17-16-31(42)50-21-26-18-28(41)35(46)38(49)39(26)52-29-19-25(9-2)34(45)37(48)36(29)47/h8,10-15,25-26,28-30,34-39,41,45-49H,1,9,16-21H2,2-7H3/b12-10+,15-14+,22-11+,23-13+. The summed E-state index contributed by atoms with van der Waals surface area (Å²) in [5.74, 6) is -3.00. The molecule has 0 aromatic rings. The Balaban J connectivity index is 1.57. The molecule has 0 saturated heterocycles. The minimum Gasteiger partial charge on any atom is -0.465 e. The van der Waals surface area contributed by atoms with Crippen LogP contribution in [0, 0.1) is 17.3 Å². The number of carbonyl (C=O) groups is 3. The molecule has 0 aliphatic heterocycles. The van der Waals surface area contributed by atoms with E-state index >= 15 is 0 Å². The maximum Gasteiger partial charge on any atom is 0.307 e. The number of ketones is 1. The molecule has 0 aromatic heterocycles. The van der Waals surface area contributed by atoms with E-state index in [1.807, 2.05) is 71.1 Å². The molecule has 0 heterocycles. The lowest BCUT2D eigenvalue weighted by Gasteiger charge is -2.46. The first-order valence-corrected chi connectivity index (χ1v) is 18.1. The van der Waals surface area contributed by atoms with Crippen LogP contribution in [0.3, 0.4) is 0 Å². The lowest BCUT2D eigenvalue weighted by Crippen LogP contribution is -2.60. The number of aliphatic hydroxyl groups excluding tert-OH is 6. The predicted octanol–water partition coefficient (Wildman–Crippen LogP) is 3.10. The Morgan fingerprint density at radius 2 is 1.52 bits per heavy atom. The Labute approximate surface area is 306 Å². The average molecular weight is 731 g/mol. The maximum atomic E-state index is 13.3. The van der Waals surface area contributed by atoms with Crippen molar-refractivity contribution in [2.24, 2.45) is 17.3 Å². The van der Waals surface area contributed by atoms with Crippen molar-refractivity contribution in [3.8, 4) is 0 Å². The molecule has 3 rings (SSSR count). The van der Waals surface area contributed by atoms with Gasteiger partial charge in [0.1, 0.15) is 24.4 Å². The minimum atomic E-state index is -1.60. The first-order valence-electron chi connectivity index (χ1n) is 18.1. The number of hydrogen-bond donors (Lipinski definition) is 6. The highest BCUT2D eigenvalue weighted by atomic mass is 16.6. The monoisotopic (exact) mass is 730 g/mol. The normalized spacial score (nSPS) is 34.5. The zero-order chi connectivity index (χ0) is 38.9. The van der Waals surface area contributed by atoms with Crippen molar-refractivity contribution < 1.29 is 59.2 Å². The van der Waals surface area contributed by atoms with Crippen molar-refractivity contribution in [2.45, 2.75) is 135 Å². The smallest absolute Gasteiger partial charge is 0.307 e. The number of allylic oxidation sites excluding steroid dienone is 10. The Morgan fingerprint density at radius 3 is 2.17 bits per heavy atom. The predicted molar refractivity (Wildman–Crippen MR) is 193 cm³/mol. The van der Waals surface area contributed by atoms with E-state index in [-0.39, 0.29) is 50.4 Å². The summed E-state index contributed by atoms with van der Waals surface area (Å²) in [4.78, 5) is 38.7. The van der Waals surface area contributed by atoms with Crippen LogP contribution in [0.5, 0.6) is 0 Å². The molecule has 0 radical (unpaired) electrons. The number of Topliss-reactive ketones (excluding diaryl/α,β-unsaturated/α-hetero) is 1. The van der Waals surface area contributed by atoms with Gasteiger partial charge in [-0.25, -0.2) is 0 Å². The lowest BCUT2D eigenvalue weighted by molar-refractivity contribution is -0.236. The molecular weight excluding hydrogens is 672 g/mol. The van der Waals surface area contributed by atoms with E-state index in [0.29, 0.717) is 12.0 Å². The molecule has 3 aliphatic rings. The number of aliphatic hydroxyl groups is 6. The van der Waals surface area contributed by atoms with E-state index in [1.165, 1.54) is 0 Å². The van der Waals surface area contributed by atoms with Crippen LogP contribution in [0.25, 0.3) is 0 Å². The first kappa shape index (κ1) is 43.2. The van der Waals surface area contributed by atoms with Gasteiger partial charge in [0.2, 0.25) is 0 Å². The van der Waals surface area contributed by atoms with Crippen molar-refractivity contribution in [3.05, 3.63) is 71.4 Å². The van der Waals surface area contributed by atoms with E-state index in [9.17, 15) is 45.0 Å². The highest BCUT2D eigenvalue weighted by Gasteiger charge is 2.49. The SMILES string of the molecule is C=C/C=C(C)/C=C/C=C(C)/C=C/C1=C(C)C(=O)C(OC(=O)CCC(=O)OCC2CC(O)C(O)C(O)C2OC2CC(CC)C(O)C(O)C2O)CC1(C)C. The second-order valence-electron chi connectivity index (χ2n) is 15.0. The van der Waals surface area contributed by atoms with Crippen LogP contribution in [-0.4, -0.2) is 110 Å². The van der Waals surface area contributed by atoms with Gasteiger partial charge < -0.3 is 44.8 Å². The Kier molecular flexibility index (Phi) is 15.9. The number of rotatable bonds is 14. The molecular formula is C40H58O12. The fraction of sp³-hybridized carbons (Fsp3) is 0.625. The zero-order valence-corrected chi connectivity index (χ0v) is 31.2. The maximum absolute atomic E-state index is 13.3. The molecule has 0 amide bonds. The van der Waals surface area contributed by atoms with Crippen LogP contribution in [0.1, 0.15) is 80.1 Å². The van der Waals surface area contributed by atoms with Crippen molar-refractivity contribution in [1.29, 1.82) is 0 Å². The molecule has 52 heavy (non-hydrogen) atoms. The average Bonchev–Trinajstić information content (AvgIpc) is 3.08. The molecule has 0 spiro atoms. The van der Waals surface area contributed by atoms with E-state index in [1.54, 1.807) is 13.0 Å². The fourth-order valence-electron chi connectivity index (χ4n) is 7.21. The zero-order valence-electron chi connectivity index (χ0n) is 31.2. The summed E-state index contributed by atoms with van der Waals surface area (Å²) in [6.07, 6.45) is 1.65. The number of carbonyl (C=O) groups excluding carboxylic acids is 3. The summed E-state index contributed by atoms with van der Waals surface area (Å²) in [7, 11) is 0. The molecule has 12 heteroatoms. The third-order valence-corrected chi connectivity index (χ3v) is 10.4. The van der Waals surface area contributed by atoms with E-state index < -0.39 is 78.2 Å². The second-order valence-corrected chi connectivity index (χ2v) is 15.0. The first-order chi connectivity index (χ1) is 24.4. The van der Waals surface area contributed by atoms with Crippen LogP contribution >= 0.6 is 0 Å². The van der Waals surface area contributed by atoms with E-state index in [0.717, 1.165) is 16.7 Å².